The molecule has 104 valence electrons. The fraction of sp³-hybridized carbons (Fsp3) is 0.500. The number of amides is 1. The Hall–Kier alpha value is -1.59. The van der Waals surface area contributed by atoms with Gasteiger partial charge in [0, 0.05) is 36.6 Å². The number of nitrogens with two attached hydrogens (primary N) is 1. The molecule has 19 heavy (non-hydrogen) atoms. The Labute approximate surface area is 113 Å². The molecule has 1 heterocycles. The van der Waals surface area contributed by atoms with Gasteiger partial charge in [-0.05, 0) is 26.0 Å². The number of carbonyl (C=O) groups excluding carboxylic acids is 1. The molecular formula is C14H21N3O2. The number of ether oxygens (including phenoxy) is 1. The Kier molecular flexibility index (Phi) is 4.07. The Morgan fingerprint density at radius 1 is 1.47 bits per heavy atom. The third-order valence-electron chi connectivity index (χ3n) is 3.40. The number of carbonyl (C=O) groups is 1. The van der Waals surface area contributed by atoms with E-state index in [2.05, 4.69) is 24.1 Å². The van der Waals surface area contributed by atoms with Gasteiger partial charge in [-0.1, -0.05) is 6.07 Å². The summed E-state index contributed by atoms with van der Waals surface area (Å²) in [5.41, 5.74) is 8.56. The van der Waals surface area contributed by atoms with Gasteiger partial charge in [-0.15, -0.1) is 0 Å². The van der Waals surface area contributed by atoms with Crippen LogP contribution < -0.4 is 16.0 Å². The van der Waals surface area contributed by atoms with E-state index in [-0.39, 0.29) is 5.91 Å². The third kappa shape index (κ3) is 2.72. The standard InChI is InChI=1S/C14H21N3O2/c1-9(2)17(6-7-19-3)10-4-5-11-12(8-10)16-14(18)13(11)15/h4-5,8-9,13H,6-7,15H2,1-3H3,(H,16,18). The van der Waals surface area contributed by atoms with Gasteiger partial charge in [0.2, 0.25) is 5.91 Å². The maximum absolute atomic E-state index is 11.5. The number of fused-ring (bicyclic) bond motifs is 1. The number of benzene rings is 1. The van der Waals surface area contributed by atoms with Crippen molar-refractivity contribution in [1.29, 1.82) is 0 Å². The molecule has 0 aromatic heterocycles. The Balaban J connectivity index is 2.26. The zero-order valence-corrected chi connectivity index (χ0v) is 11.6. The van der Waals surface area contributed by atoms with E-state index < -0.39 is 6.04 Å². The van der Waals surface area contributed by atoms with Crippen molar-refractivity contribution in [3.05, 3.63) is 23.8 Å². The molecule has 3 N–H and O–H groups in total. The molecule has 5 nitrogen and oxygen atoms in total. The lowest BCUT2D eigenvalue weighted by atomic mass is 10.1. The first kappa shape index (κ1) is 13.8. The largest absolute Gasteiger partial charge is 0.383 e. The lowest BCUT2D eigenvalue weighted by Gasteiger charge is -2.29. The van der Waals surface area contributed by atoms with E-state index in [9.17, 15) is 4.79 Å². The average Bonchev–Trinajstić information content (AvgIpc) is 2.65. The van der Waals surface area contributed by atoms with Crippen molar-refractivity contribution in [1.82, 2.24) is 0 Å². The molecule has 1 aromatic carbocycles. The van der Waals surface area contributed by atoms with Crippen LogP contribution in [0.15, 0.2) is 18.2 Å². The summed E-state index contributed by atoms with van der Waals surface area (Å²) in [7, 11) is 1.69. The van der Waals surface area contributed by atoms with Crippen molar-refractivity contribution >= 4 is 17.3 Å². The number of hydrogen-bond donors (Lipinski definition) is 2. The summed E-state index contributed by atoms with van der Waals surface area (Å²) in [4.78, 5) is 13.8. The molecule has 1 aromatic rings. The molecule has 0 saturated heterocycles. The number of hydrogen-bond acceptors (Lipinski definition) is 4. The molecule has 0 fully saturated rings. The van der Waals surface area contributed by atoms with Gasteiger partial charge in [-0.3, -0.25) is 4.79 Å². The summed E-state index contributed by atoms with van der Waals surface area (Å²) in [5, 5.41) is 2.82. The average molecular weight is 263 g/mol. The first-order valence-corrected chi connectivity index (χ1v) is 6.50. The number of rotatable bonds is 5. The lowest BCUT2D eigenvalue weighted by molar-refractivity contribution is -0.116. The van der Waals surface area contributed by atoms with Gasteiger partial charge >= 0.3 is 0 Å². The molecule has 0 spiro atoms. The molecule has 1 aliphatic rings. The number of nitrogens with zero attached hydrogens (tertiary/aromatic N) is 1. The summed E-state index contributed by atoms with van der Waals surface area (Å²) in [5.74, 6) is -0.139. The van der Waals surface area contributed by atoms with Crippen LogP contribution in [0.3, 0.4) is 0 Å². The summed E-state index contributed by atoms with van der Waals surface area (Å²) in [6, 6.07) is 5.73. The zero-order valence-electron chi connectivity index (χ0n) is 11.6. The van der Waals surface area contributed by atoms with Gasteiger partial charge in [0.05, 0.1) is 6.61 Å². The SMILES string of the molecule is COCCN(c1ccc2c(c1)NC(=O)C2N)C(C)C. The van der Waals surface area contributed by atoms with Crippen LogP contribution in [0, 0.1) is 0 Å². The highest BCUT2D eigenvalue weighted by Gasteiger charge is 2.27. The van der Waals surface area contributed by atoms with Crippen LogP contribution in [-0.4, -0.2) is 32.2 Å². The molecule has 1 amide bonds. The molecule has 1 unspecified atom stereocenters. The fourth-order valence-corrected chi connectivity index (χ4v) is 2.33. The molecule has 2 rings (SSSR count). The van der Waals surface area contributed by atoms with Gasteiger partial charge in [0.1, 0.15) is 6.04 Å². The predicted molar refractivity (Wildman–Crippen MR) is 76.4 cm³/mol. The minimum absolute atomic E-state index is 0.139. The van der Waals surface area contributed by atoms with Gasteiger partial charge in [0.15, 0.2) is 0 Å². The van der Waals surface area contributed by atoms with Crippen molar-refractivity contribution in [2.45, 2.75) is 25.9 Å². The highest BCUT2D eigenvalue weighted by atomic mass is 16.5. The van der Waals surface area contributed by atoms with Crippen LogP contribution in [0.1, 0.15) is 25.5 Å². The monoisotopic (exact) mass is 263 g/mol. The van der Waals surface area contributed by atoms with Gasteiger partial charge in [-0.2, -0.15) is 0 Å². The van der Waals surface area contributed by atoms with Gasteiger partial charge in [-0.25, -0.2) is 0 Å². The van der Waals surface area contributed by atoms with E-state index in [0.717, 1.165) is 23.5 Å². The van der Waals surface area contributed by atoms with E-state index >= 15 is 0 Å². The number of anilines is 2. The third-order valence-corrected chi connectivity index (χ3v) is 3.40. The molecule has 0 bridgehead atoms. The molecule has 0 radical (unpaired) electrons. The summed E-state index contributed by atoms with van der Waals surface area (Å²) in [6.07, 6.45) is 0. The number of nitrogens with one attached hydrogen (secondary N) is 1. The van der Waals surface area contributed by atoms with Crippen LogP contribution in [0.5, 0.6) is 0 Å². The second-order valence-electron chi connectivity index (χ2n) is 5.02. The Morgan fingerprint density at radius 2 is 2.21 bits per heavy atom. The van der Waals surface area contributed by atoms with Crippen molar-refractivity contribution in [2.24, 2.45) is 5.73 Å². The second kappa shape index (κ2) is 5.59. The van der Waals surface area contributed by atoms with Crippen molar-refractivity contribution < 1.29 is 9.53 Å². The molecule has 0 aliphatic carbocycles. The van der Waals surface area contributed by atoms with Crippen LogP contribution in [0.4, 0.5) is 11.4 Å². The first-order valence-electron chi connectivity index (χ1n) is 6.50. The zero-order chi connectivity index (χ0) is 14.0. The first-order chi connectivity index (χ1) is 9.04. The highest BCUT2D eigenvalue weighted by Crippen LogP contribution is 2.33. The molecule has 0 saturated carbocycles. The van der Waals surface area contributed by atoms with E-state index in [0.29, 0.717) is 12.6 Å². The van der Waals surface area contributed by atoms with E-state index in [1.807, 2.05) is 18.2 Å². The van der Waals surface area contributed by atoms with Crippen molar-refractivity contribution in [3.63, 3.8) is 0 Å². The van der Waals surface area contributed by atoms with E-state index in [1.54, 1.807) is 7.11 Å². The van der Waals surface area contributed by atoms with Crippen LogP contribution in [0.2, 0.25) is 0 Å². The minimum atomic E-state index is -0.546. The topological polar surface area (TPSA) is 67.6 Å². The van der Waals surface area contributed by atoms with Crippen molar-refractivity contribution in [2.75, 3.05) is 30.5 Å². The maximum Gasteiger partial charge on any atom is 0.245 e. The molecule has 1 aliphatic heterocycles. The van der Waals surface area contributed by atoms with Gasteiger partial charge in [0.25, 0.3) is 0 Å². The number of methoxy groups -OCH3 is 1. The van der Waals surface area contributed by atoms with Gasteiger partial charge < -0.3 is 20.7 Å². The van der Waals surface area contributed by atoms with E-state index in [1.165, 1.54) is 0 Å². The Bertz CT molecular complexity index is 474. The normalized spacial score (nSPS) is 17.5. The van der Waals surface area contributed by atoms with Crippen LogP contribution >= 0.6 is 0 Å². The van der Waals surface area contributed by atoms with Crippen LogP contribution in [0.25, 0.3) is 0 Å². The molecular weight excluding hydrogens is 242 g/mol. The highest BCUT2D eigenvalue weighted by molar-refractivity contribution is 6.02. The molecule has 5 heteroatoms. The predicted octanol–water partition coefficient (Wildman–Crippen LogP) is 1.50. The Morgan fingerprint density at radius 3 is 2.84 bits per heavy atom. The summed E-state index contributed by atoms with van der Waals surface area (Å²) < 4.78 is 5.14. The summed E-state index contributed by atoms with van der Waals surface area (Å²) in [6.45, 7) is 5.74. The quantitative estimate of drug-likeness (QED) is 0.845. The van der Waals surface area contributed by atoms with Crippen LogP contribution in [-0.2, 0) is 9.53 Å². The lowest BCUT2D eigenvalue weighted by Crippen LogP contribution is -2.33. The minimum Gasteiger partial charge on any atom is -0.383 e. The summed E-state index contributed by atoms with van der Waals surface area (Å²) >= 11 is 0. The van der Waals surface area contributed by atoms with E-state index in [4.69, 9.17) is 10.5 Å². The molecule has 1 atom stereocenters. The fourth-order valence-electron chi connectivity index (χ4n) is 2.33. The maximum atomic E-state index is 11.5. The van der Waals surface area contributed by atoms with Crippen molar-refractivity contribution in [3.8, 4) is 0 Å². The second-order valence-corrected chi connectivity index (χ2v) is 5.02. The smallest absolute Gasteiger partial charge is 0.245 e.